The number of amides is 1. The van der Waals surface area contributed by atoms with Crippen molar-refractivity contribution in [3.63, 3.8) is 0 Å². The molecule has 0 bridgehead atoms. The van der Waals surface area contributed by atoms with Crippen molar-refractivity contribution in [1.29, 1.82) is 0 Å². The van der Waals surface area contributed by atoms with Gasteiger partial charge in [0.05, 0.1) is 25.0 Å². The van der Waals surface area contributed by atoms with Crippen LogP contribution in [-0.2, 0) is 16.1 Å². The summed E-state index contributed by atoms with van der Waals surface area (Å²) < 4.78 is 6.68. The lowest BCUT2D eigenvalue weighted by atomic mass is 10.1. The van der Waals surface area contributed by atoms with Gasteiger partial charge in [0.1, 0.15) is 0 Å². The van der Waals surface area contributed by atoms with E-state index in [0.717, 1.165) is 12.8 Å². The van der Waals surface area contributed by atoms with Crippen molar-refractivity contribution < 1.29 is 9.53 Å². The topological polar surface area (TPSA) is 82.2 Å². The SMILES string of the molecule is CCCC(N)CC(=O)Nc1cnn(CCOC)c1. The summed E-state index contributed by atoms with van der Waals surface area (Å²) in [6.07, 6.45) is 5.60. The highest BCUT2D eigenvalue weighted by atomic mass is 16.5. The Kier molecular flexibility index (Phi) is 6.38. The van der Waals surface area contributed by atoms with Crippen LogP contribution in [0.4, 0.5) is 5.69 Å². The Bertz CT molecular complexity index is 365. The van der Waals surface area contributed by atoms with Crippen molar-refractivity contribution in [2.24, 2.45) is 5.73 Å². The van der Waals surface area contributed by atoms with E-state index in [2.05, 4.69) is 17.3 Å². The van der Waals surface area contributed by atoms with E-state index >= 15 is 0 Å². The molecule has 1 rings (SSSR count). The number of carbonyl (C=O) groups is 1. The summed E-state index contributed by atoms with van der Waals surface area (Å²) in [6, 6.07) is -0.0708. The van der Waals surface area contributed by atoms with E-state index in [1.165, 1.54) is 0 Å². The molecule has 1 amide bonds. The highest BCUT2D eigenvalue weighted by Gasteiger charge is 2.09. The summed E-state index contributed by atoms with van der Waals surface area (Å²) in [4.78, 5) is 11.7. The van der Waals surface area contributed by atoms with Crippen LogP contribution in [0.3, 0.4) is 0 Å². The molecule has 1 aromatic rings. The van der Waals surface area contributed by atoms with Crippen molar-refractivity contribution >= 4 is 11.6 Å². The summed E-state index contributed by atoms with van der Waals surface area (Å²) >= 11 is 0. The number of anilines is 1. The second kappa shape index (κ2) is 7.84. The Balaban J connectivity index is 2.37. The third-order valence-corrected chi connectivity index (χ3v) is 2.55. The molecular formula is C12H22N4O2. The molecule has 0 fully saturated rings. The van der Waals surface area contributed by atoms with Gasteiger partial charge < -0.3 is 15.8 Å². The highest BCUT2D eigenvalue weighted by molar-refractivity contribution is 5.90. The van der Waals surface area contributed by atoms with Gasteiger partial charge >= 0.3 is 0 Å². The van der Waals surface area contributed by atoms with Crippen LogP contribution in [0.25, 0.3) is 0 Å². The Hall–Kier alpha value is -1.40. The molecule has 18 heavy (non-hydrogen) atoms. The van der Waals surface area contributed by atoms with Gasteiger partial charge in [-0.25, -0.2) is 0 Å². The van der Waals surface area contributed by atoms with E-state index < -0.39 is 0 Å². The van der Waals surface area contributed by atoms with Crippen molar-refractivity contribution in [3.8, 4) is 0 Å². The van der Waals surface area contributed by atoms with Gasteiger partial charge in [-0.1, -0.05) is 13.3 Å². The molecule has 1 aromatic heterocycles. The minimum atomic E-state index is -0.0708. The third kappa shape index (κ3) is 5.29. The fourth-order valence-electron chi connectivity index (χ4n) is 1.66. The Morgan fingerprint density at radius 1 is 1.67 bits per heavy atom. The lowest BCUT2D eigenvalue weighted by Gasteiger charge is -2.09. The zero-order valence-electron chi connectivity index (χ0n) is 11.1. The standard InChI is InChI=1S/C12H22N4O2/c1-3-4-10(13)7-12(17)15-11-8-14-16(9-11)5-6-18-2/h8-10H,3-7,13H2,1-2H3,(H,15,17). The number of carbonyl (C=O) groups excluding carboxylic acids is 1. The lowest BCUT2D eigenvalue weighted by Crippen LogP contribution is -2.26. The summed E-state index contributed by atoms with van der Waals surface area (Å²) in [5.41, 5.74) is 6.51. The van der Waals surface area contributed by atoms with Crippen LogP contribution in [0.2, 0.25) is 0 Å². The molecule has 0 aliphatic heterocycles. The smallest absolute Gasteiger partial charge is 0.226 e. The number of hydrogen-bond acceptors (Lipinski definition) is 4. The molecule has 0 saturated heterocycles. The molecular weight excluding hydrogens is 232 g/mol. The number of methoxy groups -OCH3 is 1. The van der Waals surface area contributed by atoms with Gasteiger partial charge in [0.15, 0.2) is 0 Å². The number of hydrogen-bond donors (Lipinski definition) is 2. The van der Waals surface area contributed by atoms with Crippen LogP contribution >= 0.6 is 0 Å². The summed E-state index contributed by atoms with van der Waals surface area (Å²) in [5.74, 6) is -0.0674. The van der Waals surface area contributed by atoms with Gasteiger partial charge in [0, 0.05) is 25.8 Å². The Labute approximate surface area is 107 Å². The minimum absolute atomic E-state index is 0.0674. The second-order valence-electron chi connectivity index (χ2n) is 4.29. The summed E-state index contributed by atoms with van der Waals surface area (Å²) in [6.45, 7) is 3.32. The Morgan fingerprint density at radius 2 is 2.44 bits per heavy atom. The van der Waals surface area contributed by atoms with Gasteiger partial charge in [-0.15, -0.1) is 0 Å². The maximum Gasteiger partial charge on any atom is 0.226 e. The van der Waals surface area contributed by atoms with Crippen molar-refractivity contribution in [2.75, 3.05) is 19.0 Å². The van der Waals surface area contributed by atoms with E-state index in [-0.39, 0.29) is 11.9 Å². The number of nitrogens with two attached hydrogens (primary N) is 1. The molecule has 3 N–H and O–H groups in total. The first-order valence-corrected chi connectivity index (χ1v) is 6.22. The zero-order valence-corrected chi connectivity index (χ0v) is 11.1. The van der Waals surface area contributed by atoms with Crippen LogP contribution in [0.5, 0.6) is 0 Å². The first-order valence-electron chi connectivity index (χ1n) is 6.22. The third-order valence-electron chi connectivity index (χ3n) is 2.55. The predicted molar refractivity (Wildman–Crippen MR) is 70.2 cm³/mol. The summed E-state index contributed by atoms with van der Waals surface area (Å²) in [5, 5.41) is 6.90. The van der Waals surface area contributed by atoms with Crippen LogP contribution in [-0.4, -0.2) is 35.4 Å². The maximum atomic E-state index is 11.7. The molecule has 1 unspecified atom stereocenters. The van der Waals surface area contributed by atoms with Crippen molar-refractivity contribution in [3.05, 3.63) is 12.4 Å². The maximum absolute atomic E-state index is 11.7. The first kappa shape index (κ1) is 14.7. The molecule has 0 aromatic carbocycles. The van der Waals surface area contributed by atoms with Gasteiger partial charge in [-0.05, 0) is 6.42 Å². The number of nitrogens with zero attached hydrogens (tertiary/aromatic N) is 2. The number of rotatable bonds is 8. The lowest BCUT2D eigenvalue weighted by molar-refractivity contribution is -0.116. The second-order valence-corrected chi connectivity index (χ2v) is 4.29. The van der Waals surface area contributed by atoms with Crippen LogP contribution in [0.1, 0.15) is 26.2 Å². The van der Waals surface area contributed by atoms with Crippen LogP contribution in [0, 0.1) is 0 Å². The number of nitrogens with one attached hydrogen (secondary N) is 1. The number of aromatic nitrogens is 2. The van der Waals surface area contributed by atoms with E-state index in [0.29, 0.717) is 25.3 Å². The molecule has 1 atom stereocenters. The van der Waals surface area contributed by atoms with Gasteiger partial charge in [-0.2, -0.15) is 5.10 Å². The summed E-state index contributed by atoms with van der Waals surface area (Å²) in [7, 11) is 1.64. The van der Waals surface area contributed by atoms with E-state index in [9.17, 15) is 4.79 Å². The predicted octanol–water partition coefficient (Wildman–Crippen LogP) is 0.985. The molecule has 6 nitrogen and oxygen atoms in total. The quantitative estimate of drug-likeness (QED) is 0.724. The molecule has 0 saturated carbocycles. The first-order chi connectivity index (χ1) is 8.65. The molecule has 0 aliphatic rings. The highest BCUT2D eigenvalue weighted by Crippen LogP contribution is 2.07. The van der Waals surface area contributed by atoms with Crippen molar-refractivity contribution in [1.82, 2.24) is 9.78 Å². The van der Waals surface area contributed by atoms with E-state index in [1.54, 1.807) is 24.2 Å². The van der Waals surface area contributed by atoms with Crippen molar-refractivity contribution in [2.45, 2.75) is 38.8 Å². The van der Waals surface area contributed by atoms with Gasteiger partial charge in [-0.3, -0.25) is 9.48 Å². The fraction of sp³-hybridized carbons (Fsp3) is 0.667. The molecule has 0 aliphatic carbocycles. The molecule has 6 heteroatoms. The van der Waals surface area contributed by atoms with E-state index in [4.69, 9.17) is 10.5 Å². The van der Waals surface area contributed by atoms with E-state index in [1.807, 2.05) is 0 Å². The van der Waals surface area contributed by atoms with Crippen LogP contribution in [0.15, 0.2) is 12.4 Å². The average Bonchev–Trinajstić information content (AvgIpc) is 2.74. The van der Waals surface area contributed by atoms with Gasteiger partial charge in [0.2, 0.25) is 5.91 Å². The average molecular weight is 254 g/mol. The monoisotopic (exact) mass is 254 g/mol. The fourth-order valence-corrected chi connectivity index (χ4v) is 1.66. The minimum Gasteiger partial charge on any atom is -0.383 e. The molecule has 102 valence electrons. The molecule has 0 spiro atoms. The number of ether oxygens (including phenoxy) is 1. The normalized spacial score (nSPS) is 12.4. The Morgan fingerprint density at radius 3 is 3.11 bits per heavy atom. The van der Waals surface area contributed by atoms with Crippen LogP contribution < -0.4 is 11.1 Å². The molecule has 0 radical (unpaired) electrons. The zero-order chi connectivity index (χ0) is 13.4. The van der Waals surface area contributed by atoms with Gasteiger partial charge in [0.25, 0.3) is 0 Å². The molecule has 1 heterocycles. The largest absolute Gasteiger partial charge is 0.383 e.